The number of halogens is 1. The van der Waals surface area contributed by atoms with Crippen LogP contribution < -0.4 is 15.1 Å². The number of hydrogen-bond donors (Lipinski definition) is 1. The molecule has 146 valence electrons. The first-order chi connectivity index (χ1) is 13.5. The number of anilines is 1. The van der Waals surface area contributed by atoms with Crippen LogP contribution in [0.15, 0.2) is 47.6 Å². The SMILES string of the molecule is CNC(C)COc1ccc(N2N=C3c4cc(F)ccc4CCC3CC2=O)cc1. The monoisotopic (exact) mass is 381 g/mol. The number of nitrogens with zero attached hydrogens (tertiary/aromatic N) is 2. The highest BCUT2D eigenvalue weighted by atomic mass is 19.1. The van der Waals surface area contributed by atoms with Crippen molar-refractivity contribution in [3.63, 3.8) is 0 Å². The van der Waals surface area contributed by atoms with Crippen molar-refractivity contribution in [3.8, 4) is 5.75 Å². The molecule has 0 radical (unpaired) electrons. The van der Waals surface area contributed by atoms with Crippen LogP contribution in [0.25, 0.3) is 0 Å². The zero-order chi connectivity index (χ0) is 19.7. The number of likely N-dealkylation sites (N-methyl/N-ethyl adjacent to an activating group) is 1. The lowest BCUT2D eigenvalue weighted by Gasteiger charge is -2.33. The van der Waals surface area contributed by atoms with E-state index in [1.54, 1.807) is 0 Å². The van der Waals surface area contributed by atoms with Gasteiger partial charge in [0.2, 0.25) is 5.91 Å². The minimum Gasteiger partial charge on any atom is -0.492 e. The first kappa shape index (κ1) is 18.6. The highest BCUT2D eigenvalue weighted by molar-refractivity contribution is 6.11. The predicted molar refractivity (Wildman–Crippen MR) is 107 cm³/mol. The molecular weight excluding hydrogens is 357 g/mol. The third-order valence-electron chi connectivity index (χ3n) is 5.44. The lowest BCUT2D eigenvalue weighted by molar-refractivity contribution is -0.119. The Kier molecular flexibility index (Phi) is 5.13. The normalized spacial score (nSPS) is 19.5. The largest absolute Gasteiger partial charge is 0.492 e. The number of amides is 1. The van der Waals surface area contributed by atoms with Gasteiger partial charge in [-0.25, -0.2) is 9.40 Å². The molecule has 0 saturated carbocycles. The Morgan fingerprint density at radius 2 is 2.07 bits per heavy atom. The maximum atomic E-state index is 13.8. The summed E-state index contributed by atoms with van der Waals surface area (Å²) in [6, 6.07) is 12.4. The van der Waals surface area contributed by atoms with Crippen LogP contribution in [-0.2, 0) is 11.2 Å². The molecular formula is C22H24FN3O2. The molecule has 1 amide bonds. The number of hydrazone groups is 1. The summed E-state index contributed by atoms with van der Waals surface area (Å²) in [6.07, 6.45) is 2.11. The van der Waals surface area contributed by atoms with E-state index in [-0.39, 0.29) is 23.7 Å². The molecule has 2 aromatic carbocycles. The molecule has 1 aliphatic heterocycles. The van der Waals surface area contributed by atoms with Crippen molar-refractivity contribution >= 4 is 17.3 Å². The molecule has 2 aliphatic rings. The molecule has 1 heterocycles. The molecule has 2 aromatic rings. The average Bonchev–Trinajstić information content (AvgIpc) is 2.71. The molecule has 0 spiro atoms. The molecule has 4 rings (SSSR count). The smallest absolute Gasteiger partial charge is 0.248 e. The van der Waals surface area contributed by atoms with E-state index in [9.17, 15) is 9.18 Å². The Morgan fingerprint density at radius 1 is 1.29 bits per heavy atom. The fourth-order valence-corrected chi connectivity index (χ4v) is 3.68. The Morgan fingerprint density at radius 3 is 2.82 bits per heavy atom. The second-order valence-corrected chi connectivity index (χ2v) is 7.43. The van der Waals surface area contributed by atoms with E-state index in [4.69, 9.17) is 4.74 Å². The van der Waals surface area contributed by atoms with Crippen LogP contribution in [-0.4, -0.2) is 31.3 Å². The number of ether oxygens (including phenoxy) is 1. The molecule has 0 fully saturated rings. The van der Waals surface area contributed by atoms with Crippen LogP contribution in [0.1, 0.15) is 30.9 Å². The Hall–Kier alpha value is -2.73. The fraction of sp³-hybridized carbons (Fsp3) is 0.364. The Labute approximate surface area is 164 Å². The van der Waals surface area contributed by atoms with E-state index in [2.05, 4.69) is 10.4 Å². The second kappa shape index (κ2) is 7.72. The standard InChI is InChI=1S/C22H24FN3O2/c1-14(24-2)13-28-19-9-7-18(8-10-19)26-21(27)11-16-4-3-15-5-6-17(23)12-20(15)22(16)25-26/h5-10,12,14,16,24H,3-4,11,13H2,1-2H3. The summed E-state index contributed by atoms with van der Waals surface area (Å²) in [6.45, 7) is 2.60. The molecule has 6 heteroatoms. The Bertz CT molecular complexity index is 910. The summed E-state index contributed by atoms with van der Waals surface area (Å²) in [7, 11) is 1.89. The van der Waals surface area contributed by atoms with E-state index < -0.39 is 0 Å². The van der Waals surface area contributed by atoms with Gasteiger partial charge in [0.05, 0.1) is 11.4 Å². The number of carbonyl (C=O) groups is 1. The highest BCUT2D eigenvalue weighted by Crippen LogP contribution is 2.34. The van der Waals surface area contributed by atoms with Crippen molar-refractivity contribution in [3.05, 3.63) is 59.4 Å². The maximum absolute atomic E-state index is 13.8. The first-order valence-corrected chi connectivity index (χ1v) is 9.65. The van der Waals surface area contributed by atoms with Crippen molar-refractivity contribution in [1.29, 1.82) is 0 Å². The van der Waals surface area contributed by atoms with Gasteiger partial charge in [-0.05, 0) is 68.8 Å². The van der Waals surface area contributed by atoms with Gasteiger partial charge in [-0.1, -0.05) is 6.07 Å². The number of nitrogens with one attached hydrogen (secondary N) is 1. The van der Waals surface area contributed by atoms with Gasteiger partial charge < -0.3 is 10.1 Å². The summed E-state index contributed by atoms with van der Waals surface area (Å²) in [4.78, 5) is 12.7. The molecule has 0 bridgehead atoms. The van der Waals surface area contributed by atoms with Crippen LogP contribution >= 0.6 is 0 Å². The molecule has 1 N–H and O–H groups in total. The number of aryl methyl sites for hydroxylation is 1. The fourth-order valence-electron chi connectivity index (χ4n) is 3.68. The number of fused-ring (bicyclic) bond motifs is 3. The Balaban J connectivity index is 1.60. The van der Waals surface area contributed by atoms with Crippen molar-refractivity contribution in [2.24, 2.45) is 11.0 Å². The highest BCUT2D eigenvalue weighted by Gasteiger charge is 2.34. The third-order valence-corrected chi connectivity index (χ3v) is 5.44. The van der Waals surface area contributed by atoms with Crippen LogP contribution in [0.2, 0.25) is 0 Å². The summed E-state index contributed by atoms with van der Waals surface area (Å²) in [5, 5.41) is 9.19. The van der Waals surface area contributed by atoms with E-state index in [1.165, 1.54) is 17.1 Å². The van der Waals surface area contributed by atoms with E-state index in [0.717, 1.165) is 35.4 Å². The molecule has 0 aromatic heterocycles. The van der Waals surface area contributed by atoms with Crippen LogP contribution in [0.4, 0.5) is 10.1 Å². The van der Waals surface area contributed by atoms with Crippen molar-refractivity contribution < 1.29 is 13.9 Å². The molecule has 0 saturated heterocycles. The van der Waals surface area contributed by atoms with E-state index >= 15 is 0 Å². The van der Waals surface area contributed by atoms with Crippen LogP contribution in [0, 0.1) is 11.7 Å². The van der Waals surface area contributed by atoms with E-state index in [0.29, 0.717) is 18.7 Å². The lowest BCUT2D eigenvalue weighted by Crippen LogP contribution is -2.39. The second-order valence-electron chi connectivity index (χ2n) is 7.43. The maximum Gasteiger partial charge on any atom is 0.248 e. The van der Waals surface area contributed by atoms with Crippen LogP contribution in [0.3, 0.4) is 0 Å². The molecule has 2 atom stereocenters. The average molecular weight is 381 g/mol. The number of hydrogen-bond acceptors (Lipinski definition) is 4. The summed E-state index contributed by atoms with van der Waals surface area (Å²) >= 11 is 0. The zero-order valence-electron chi connectivity index (χ0n) is 16.1. The summed E-state index contributed by atoms with van der Waals surface area (Å²) in [5.41, 5.74) is 3.42. The molecule has 28 heavy (non-hydrogen) atoms. The van der Waals surface area contributed by atoms with Crippen LogP contribution in [0.5, 0.6) is 5.75 Å². The van der Waals surface area contributed by atoms with Crippen molar-refractivity contribution in [1.82, 2.24) is 5.32 Å². The molecule has 1 aliphatic carbocycles. The summed E-state index contributed by atoms with van der Waals surface area (Å²) < 4.78 is 19.5. The van der Waals surface area contributed by atoms with Crippen molar-refractivity contribution in [2.45, 2.75) is 32.2 Å². The molecule has 2 unspecified atom stereocenters. The minimum atomic E-state index is -0.275. The van der Waals surface area contributed by atoms with Gasteiger partial charge in [0, 0.05) is 23.9 Å². The van der Waals surface area contributed by atoms with Gasteiger partial charge in [-0.2, -0.15) is 5.10 Å². The third kappa shape index (κ3) is 3.64. The lowest BCUT2D eigenvalue weighted by atomic mass is 9.79. The summed E-state index contributed by atoms with van der Waals surface area (Å²) in [5.74, 6) is 0.489. The van der Waals surface area contributed by atoms with Gasteiger partial charge in [0.15, 0.2) is 0 Å². The number of carbonyl (C=O) groups excluding carboxylic acids is 1. The topological polar surface area (TPSA) is 53.9 Å². The van der Waals surface area contributed by atoms with Gasteiger partial charge in [-0.15, -0.1) is 0 Å². The zero-order valence-corrected chi connectivity index (χ0v) is 16.1. The predicted octanol–water partition coefficient (Wildman–Crippen LogP) is 3.52. The van der Waals surface area contributed by atoms with Gasteiger partial charge in [-0.3, -0.25) is 4.79 Å². The minimum absolute atomic E-state index is 0.0360. The number of rotatable bonds is 5. The first-order valence-electron chi connectivity index (χ1n) is 9.65. The van der Waals surface area contributed by atoms with E-state index in [1.807, 2.05) is 44.3 Å². The van der Waals surface area contributed by atoms with Gasteiger partial charge >= 0.3 is 0 Å². The van der Waals surface area contributed by atoms with Gasteiger partial charge in [0.1, 0.15) is 18.2 Å². The quantitative estimate of drug-likeness (QED) is 0.862. The van der Waals surface area contributed by atoms with Crippen molar-refractivity contribution in [2.75, 3.05) is 18.7 Å². The number of benzene rings is 2. The molecule has 5 nitrogen and oxygen atoms in total. The van der Waals surface area contributed by atoms with Gasteiger partial charge in [0.25, 0.3) is 0 Å².